The minimum absolute atomic E-state index is 0.180. The number of rotatable bonds is 4. The summed E-state index contributed by atoms with van der Waals surface area (Å²) < 4.78 is 13.4. The van der Waals surface area contributed by atoms with E-state index in [0.29, 0.717) is 17.0 Å². The summed E-state index contributed by atoms with van der Waals surface area (Å²) in [6.45, 7) is 0.331. The number of carbonyl (C=O) groups excluding carboxylic acids is 1. The van der Waals surface area contributed by atoms with Crippen molar-refractivity contribution in [2.45, 2.75) is 36.2 Å². The average molecular weight is 297 g/mol. The van der Waals surface area contributed by atoms with Crippen LogP contribution < -0.4 is 0 Å². The molecule has 1 N–H and O–H groups in total. The largest absolute Gasteiger partial charge is 0.388 e. The molecule has 0 unspecified atom stereocenters. The van der Waals surface area contributed by atoms with Crippen LogP contribution >= 0.6 is 11.8 Å². The first-order valence-corrected chi connectivity index (χ1v) is 7.99. The van der Waals surface area contributed by atoms with Crippen LogP contribution in [-0.4, -0.2) is 41.4 Å². The maximum Gasteiger partial charge on any atom is 0.253 e. The van der Waals surface area contributed by atoms with Gasteiger partial charge in [-0.1, -0.05) is 12.8 Å². The van der Waals surface area contributed by atoms with Gasteiger partial charge in [-0.15, -0.1) is 11.8 Å². The van der Waals surface area contributed by atoms with E-state index in [0.717, 1.165) is 25.7 Å². The number of hydrogen-bond donors (Lipinski definition) is 1. The molecule has 0 aromatic heterocycles. The van der Waals surface area contributed by atoms with E-state index in [2.05, 4.69) is 0 Å². The molecule has 1 aliphatic rings. The van der Waals surface area contributed by atoms with Crippen LogP contribution in [0.2, 0.25) is 0 Å². The first-order valence-electron chi connectivity index (χ1n) is 6.76. The van der Waals surface area contributed by atoms with Crippen LogP contribution in [0.3, 0.4) is 0 Å². The van der Waals surface area contributed by atoms with Gasteiger partial charge < -0.3 is 10.0 Å². The molecule has 0 radical (unpaired) electrons. The molecule has 0 bridgehead atoms. The second-order valence-electron chi connectivity index (χ2n) is 5.44. The zero-order chi connectivity index (χ0) is 14.8. The molecule has 1 amide bonds. The molecule has 2 rings (SSSR count). The van der Waals surface area contributed by atoms with Crippen LogP contribution in [0.4, 0.5) is 4.39 Å². The number of halogens is 1. The molecule has 0 heterocycles. The fourth-order valence-electron chi connectivity index (χ4n) is 2.72. The molecular weight excluding hydrogens is 277 g/mol. The third-order valence-electron chi connectivity index (χ3n) is 3.81. The number of nitrogens with zero attached hydrogens (tertiary/aromatic N) is 1. The molecule has 1 aromatic carbocycles. The Kier molecular flexibility index (Phi) is 4.70. The van der Waals surface area contributed by atoms with Gasteiger partial charge >= 0.3 is 0 Å². The molecule has 0 spiro atoms. The highest BCUT2D eigenvalue weighted by molar-refractivity contribution is 7.98. The van der Waals surface area contributed by atoms with Gasteiger partial charge in [-0.2, -0.15) is 0 Å². The van der Waals surface area contributed by atoms with E-state index in [4.69, 9.17) is 0 Å². The van der Waals surface area contributed by atoms with E-state index in [9.17, 15) is 14.3 Å². The van der Waals surface area contributed by atoms with Crippen molar-refractivity contribution in [1.82, 2.24) is 4.90 Å². The molecule has 0 aliphatic heterocycles. The van der Waals surface area contributed by atoms with E-state index in [1.54, 1.807) is 19.4 Å². The van der Waals surface area contributed by atoms with E-state index in [1.165, 1.54) is 28.8 Å². The maximum absolute atomic E-state index is 13.4. The smallest absolute Gasteiger partial charge is 0.253 e. The van der Waals surface area contributed by atoms with Gasteiger partial charge in [0.15, 0.2) is 0 Å². The van der Waals surface area contributed by atoms with Gasteiger partial charge in [0.25, 0.3) is 5.91 Å². The predicted molar refractivity (Wildman–Crippen MR) is 78.6 cm³/mol. The molecule has 0 atom stereocenters. The number of hydrogen-bond acceptors (Lipinski definition) is 3. The highest BCUT2D eigenvalue weighted by Crippen LogP contribution is 2.30. The van der Waals surface area contributed by atoms with E-state index >= 15 is 0 Å². The monoisotopic (exact) mass is 297 g/mol. The second-order valence-corrected chi connectivity index (χ2v) is 6.29. The Balaban J connectivity index is 2.10. The molecule has 5 heteroatoms. The Bertz CT molecular complexity index is 501. The summed E-state index contributed by atoms with van der Waals surface area (Å²) in [5.41, 5.74) is -0.299. The highest BCUT2D eigenvalue weighted by Gasteiger charge is 2.33. The van der Waals surface area contributed by atoms with E-state index < -0.39 is 5.60 Å². The lowest BCUT2D eigenvalue weighted by molar-refractivity contribution is 0.0156. The Morgan fingerprint density at radius 1 is 1.45 bits per heavy atom. The van der Waals surface area contributed by atoms with Crippen LogP contribution in [0.1, 0.15) is 36.0 Å². The SMILES string of the molecule is CSc1cc(C(=O)N(C)CC2(O)CCCC2)ccc1F. The number of thioether (sulfide) groups is 1. The topological polar surface area (TPSA) is 40.5 Å². The lowest BCUT2D eigenvalue weighted by Crippen LogP contribution is -2.42. The van der Waals surface area contributed by atoms with Gasteiger partial charge in [0.2, 0.25) is 0 Å². The zero-order valence-corrected chi connectivity index (χ0v) is 12.7. The molecule has 0 saturated heterocycles. The van der Waals surface area contributed by atoms with Crippen molar-refractivity contribution in [3.05, 3.63) is 29.6 Å². The quantitative estimate of drug-likeness (QED) is 0.869. The predicted octanol–water partition coefficient (Wildman–Crippen LogP) is 2.92. The van der Waals surface area contributed by atoms with Crippen LogP contribution in [0, 0.1) is 5.82 Å². The highest BCUT2D eigenvalue weighted by atomic mass is 32.2. The normalized spacial score (nSPS) is 17.2. The fourth-order valence-corrected chi connectivity index (χ4v) is 3.23. The van der Waals surface area contributed by atoms with Gasteiger partial charge in [0.1, 0.15) is 5.82 Å². The van der Waals surface area contributed by atoms with Crippen molar-refractivity contribution in [1.29, 1.82) is 0 Å². The van der Waals surface area contributed by atoms with Gasteiger partial charge in [-0.3, -0.25) is 4.79 Å². The van der Waals surface area contributed by atoms with Gasteiger partial charge in [0, 0.05) is 24.1 Å². The minimum Gasteiger partial charge on any atom is -0.388 e. The van der Waals surface area contributed by atoms with E-state index in [-0.39, 0.29) is 11.7 Å². The Morgan fingerprint density at radius 3 is 2.70 bits per heavy atom. The number of carbonyl (C=O) groups is 1. The van der Waals surface area contributed by atoms with E-state index in [1.807, 2.05) is 0 Å². The molecule has 1 saturated carbocycles. The zero-order valence-electron chi connectivity index (χ0n) is 11.9. The average Bonchev–Trinajstić information content (AvgIpc) is 2.85. The summed E-state index contributed by atoms with van der Waals surface area (Å²) in [6.07, 6.45) is 5.27. The van der Waals surface area contributed by atoms with Crippen LogP contribution in [-0.2, 0) is 0 Å². The van der Waals surface area contributed by atoms with Crippen molar-refractivity contribution >= 4 is 17.7 Å². The molecular formula is C15H20FNO2S. The van der Waals surface area contributed by atoms with Crippen LogP contribution in [0.25, 0.3) is 0 Å². The number of benzene rings is 1. The third-order valence-corrected chi connectivity index (χ3v) is 4.56. The third kappa shape index (κ3) is 3.33. The number of aliphatic hydroxyl groups is 1. The van der Waals surface area contributed by atoms with Crippen molar-refractivity contribution in [3.8, 4) is 0 Å². The van der Waals surface area contributed by atoms with Crippen LogP contribution in [0.5, 0.6) is 0 Å². The maximum atomic E-state index is 13.4. The number of likely N-dealkylation sites (N-methyl/N-ethyl adjacent to an activating group) is 1. The molecule has 3 nitrogen and oxygen atoms in total. The Labute approximate surface area is 123 Å². The van der Waals surface area contributed by atoms with Gasteiger partial charge in [0.05, 0.1) is 5.60 Å². The van der Waals surface area contributed by atoms with Crippen molar-refractivity contribution in [3.63, 3.8) is 0 Å². The lowest BCUT2D eigenvalue weighted by atomic mass is 10.0. The van der Waals surface area contributed by atoms with Crippen molar-refractivity contribution < 1.29 is 14.3 Å². The van der Waals surface area contributed by atoms with Crippen LogP contribution in [0.15, 0.2) is 23.1 Å². The van der Waals surface area contributed by atoms with Crippen molar-refractivity contribution in [2.75, 3.05) is 19.8 Å². The summed E-state index contributed by atoms with van der Waals surface area (Å²) in [5, 5.41) is 10.3. The summed E-state index contributed by atoms with van der Waals surface area (Å²) in [6, 6.07) is 4.38. The summed E-state index contributed by atoms with van der Waals surface area (Å²) in [4.78, 5) is 14.3. The van der Waals surface area contributed by atoms with Crippen molar-refractivity contribution in [2.24, 2.45) is 0 Å². The first-order chi connectivity index (χ1) is 9.45. The Morgan fingerprint density at radius 2 is 2.10 bits per heavy atom. The summed E-state index contributed by atoms with van der Waals surface area (Å²) in [5.74, 6) is -0.494. The summed E-state index contributed by atoms with van der Waals surface area (Å²) in [7, 11) is 1.68. The molecule has 110 valence electrons. The Hall–Kier alpha value is -1.07. The standard InChI is InChI=1S/C15H20FNO2S/c1-17(10-15(19)7-3-4-8-15)14(18)11-5-6-12(16)13(9-11)20-2/h5-6,9,19H,3-4,7-8,10H2,1-2H3. The number of amides is 1. The second kappa shape index (κ2) is 6.14. The first kappa shape index (κ1) is 15.3. The molecule has 1 aliphatic carbocycles. The molecule has 20 heavy (non-hydrogen) atoms. The van der Waals surface area contributed by atoms with Gasteiger partial charge in [-0.05, 0) is 37.3 Å². The lowest BCUT2D eigenvalue weighted by Gasteiger charge is -2.28. The molecule has 1 aromatic rings. The fraction of sp³-hybridized carbons (Fsp3) is 0.533. The summed E-state index contributed by atoms with van der Waals surface area (Å²) >= 11 is 1.28. The van der Waals surface area contributed by atoms with Gasteiger partial charge in [-0.25, -0.2) is 4.39 Å². The minimum atomic E-state index is -0.757. The molecule has 1 fully saturated rings.